The fraction of sp³-hybridized carbons (Fsp3) is 0.231. The number of guanidine groups is 1. The van der Waals surface area contributed by atoms with Crippen LogP contribution in [0.3, 0.4) is 0 Å². The predicted octanol–water partition coefficient (Wildman–Crippen LogP) is 4.34. The van der Waals surface area contributed by atoms with Gasteiger partial charge in [0.05, 0.1) is 12.1 Å². The minimum absolute atomic E-state index is 0.226. The zero-order chi connectivity index (χ0) is 28.4. The number of aromatic nitrogens is 1. The van der Waals surface area contributed by atoms with Crippen molar-refractivity contribution in [3.63, 3.8) is 0 Å². The van der Waals surface area contributed by atoms with Crippen molar-refractivity contribution >= 4 is 29.4 Å². The average molecular weight is 548 g/mol. The highest BCUT2D eigenvalue weighted by Crippen LogP contribution is 2.16. The second kappa shape index (κ2) is 13.2. The largest absolute Gasteiger partial charge is 0.490 e. The van der Waals surface area contributed by atoms with Crippen LogP contribution in [-0.4, -0.2) is 70.4 Å². The molecule has 3 N–H and O–H groups in total. The number of nitrogens with zero attached hydrogens (tertiary/aromatic N) is 4. The molecule has 0 saturated carbocycles. The predicted molar refractivity (Wildman–Crippen MR) is 136 cm³/mol. The van der Waals surface area contributed by atoms with Crippen molar-refractivity contribution in [3.05, 3.63) is 89.9 Å². The maximum absolute atomic E-state index is 13.2. The lowest BCUT2D eigenvalue weighted by molar-refractivity contribution is -0.192. The topological polar surface area (TPSA) is 118 Å². The van der Waals surface area contributed by atoms with Crippen LogP contribution in [0.15, 0.2) is 77.9 Å². The fourth-order valence-corrected chi connectivity index (χ4v) is 3.49. The number of alkyl halides is 3. The lowest BCUT2D eigenvalue weighted by Gasteiger charge is -2.37. The van der Waals surface area contributed by atoms with Crippen LogP contribution >= 0.6 is 0 Å². The molecule has 0 unspecified atom stereocenters. The Balaban J connectivity index is 0.000000532. The van der Waals surface area contributed by atoms with Gasteiger partial charge in [-0.3, -0.25) is 0 Å². The highest BCUT2D eigenvalue weighted by molar-refractivity contribution is 5.95. The number of rotatable bonds is 5. The van der Waals surface area contributed by atoms with Gasteiger partial charge in [0.25, 0.3) is 0 Å². The molecule has 0 spiro atoms. The molecule has 1 aliphatic rings. The highest BCUT2D eigenvalue weighted by Gasteiger charge is 2.38. The van der Waals surface area contributed by atoms with E-state index in [9.17, 15) is 22.4 Å². The van der Waals surface area contributed by atoms with Crippen LogP contribution < -0.4 is 10.2 Å². The van der Waals surface area contributed by atoms with E-state index in [4.69, 9.17) is 20.0 Å². The molecule has 3 aromatic rings. The number of carboxylic acid groups (broad SMARTS) is 2. The Kier molecular flexibility index (Phi) is 9.79. The number of aliphatic carboxylic acids is 1. The summed E-state index contributed by atoms with van der Waals surface area (Å²) in [7, 11) is 0. The molecule has 0 bridgehead atoms. The number of aromatic carboxylic acids is 1. The molecule has 206 valence electrons. The normalized spacial score (nSPS) is 13.8. The molecule has 2 heterocycles. The highest BCUT2D eigenvalue weighted by atomic mass is 19.4. The maximum atomic E-state index is 13.2. The van der Waals surface area contributed by atoms with Crippen molar-refractivity contribution < 1.29 is 37.4 Å². The molecule has 0 atom stereocenters. The Hall–Kier alpha value is -4.68. The summed E-state index contributed by atoms with van der Waals surface area (Å²) in [6, 6.07) is 18.7. The number of piperazine rings is 1. The summed E-state index contributed by atoms with van der Waals surface area (Å²) in [4.78, 5) is 33.6. The third-order valence-electron chi connectivity index (χ3n) is 5.51. The molecule has 1 saturated heterocycles. The number of pyridine rings is 1. The van der Waals surface area contributed by atoms with Crippen molar-refractivity contribution in [3.8, 4) is 0 Å². The van der Waals surface area contributed by atoms with Gasteiger partial charge in [0.2, 0.25) is 0 Å². The van der Waals surface area contributed by atoms with Crippen LogP contribution in [0.2, 0.25) is 0 Å². The number of benzene rings is 2. The molecule has 39 heavy (non-hydrogen) atoms. The van der Waals surface area contributed by atoms with E-state index < -0.39 is 18.1 Å². The van der Waals surface area contributed by atoms with E-state index in [0.717, 1.165) is 43.2 Å². The summed E-state index contributed by atoms with van der Waals surface area (Å²) in [5.74, 6) is -2.35. The lowest BCUT2D eigenvalue weighted by Crippen LogP contribution is -2.51. The smallest absolute Gasteiger partial charge is 0.478 e. The van der Waals surface area contributed by atoms with E-state index in [2.05, 4.69) is 20.1 Å². The first-order valence-electron chi connectivity index (χ1n) is 11.6. The molecule has 13 heteroatoms. The quantitative estimate of drug-likeness (QED) is 0.245. The Bertz CT molecular complexity index is 1260. The molecular formula is C26H25F4N5O4. The number of nitrogens with one attached hydrogen (secondary N) is 1. The van der Waals surface area contributed by atoms with Crippen molar-refractivity contribution in [2.45, 2.75) is 12.7 Å². The summed E-state index contributed by atoms with van der Waals surface area (Å²) in [5.41, 5.74) is 1.88. The number of aliphatic imine (C=N–C) groups is 1. The van der Waals surface area contributed by atoms with Crippen molar-refractivity contribution in [1.29, 1.82) is 0 Å². The summed E-state index contributed by atoms with van der Waals surface area (Å²) in [6.45, 7) is 3.49. The fourth-order valence-electron chi connectivity index (χ4n) is 3.49. The lowest BCUT2D eigenvalue weighted by atomic mass is 10.2. The summed E-state index contributed by atoms with van der Waals surface area (Å²) < 4.78 is 45.0. The van der Waals surface area contributed by atoms with Crippen LogP contribution in [-0.2, 0) is 11.3 Å². The molecule has 4 rings (SSSR count). The van der Waals surface area contributed by atoms with Gasteiger partial charge in [-0.2, -0.15) is 13.2 Å². The van der Waals surface area contributed by atoms with Crippen LogP contribution in [0.4, 0.5) is 29.1 Å². The van der Waals surface area contributed by atoms with Gasteiger partial charge in [0.1, 0.15) is 11.6 Å². The molecule has 0 aliphatic carbocycles. The van der Waals surface area contributed by atoms with Crippen molar-refractivity contribution in [2.24, 2.45) is 4.99 Å². The van der Waals surface area contributed by atoms with Gasteiger partial charge < -0.3 is 25.3 Å². The second-order valence-corrected chi connectivity index (χ2v) is 8.24. The second-order valence-electron chi connectivity index (χ2n) is 8.24. The Morgan fingerprint density at radius 2 is 1.54 bits per heavy atom. The average Bonchev–Trinajstić information content (AvgIpc) is 2.92. The van der Waals surface area contributed by atoms with E-state index in [1.54, 1.807) is 42.6 Å². The number of hydrogen-bond acceptors (Lipinski definition) is 5. The van der Waals surface area contributed by atoms with E-state index in [-0.39, 0.29) is 11.4 Å². The van der Waals surface area contributed by atoms with Gasteiger partial charge in [0.15, 0.2) is 5.96 Å². The SMILES string of the molecule is O=C(O)C(F)(F)F.O=C(O)c1ccc(NC(=NCc2ccc(F)cc2)N2CCN(c3ccccn3)CC2)cc1. The minimum Gasteiger partial charge on any atom is -0.478 e. The van der Waals surface area contributed by atoms with Crippen LogP contribution in [0.1, 0.15) is 15.9 Å². The first-order valence-corrected chi connectivity index (χ1v) is 11.6. The minimum atomic E-state index is -5.08. The molecule has 1 aliphatic heterocycles. The molecule has 2 aromatic carbocycles. The number of anilines is 2. The van der Waals surface area contributed by atoms with Gasteiger partial charge in [-0.25, -0.2) is 24.0 Å². The third-order valence-corrected chi connectivity index (χ3v) is 5.51. The van der Waals surface area contributed by atoms with Crippen LogP contribution in [0.25, 0.3) is 0 Å². The zero-order valence-electron chi connectivity index (χ0n) is 20.5. The Labute approximate surface area is 221 Å². The standard InChI is InChI=1S/C24H24FN5O2.C2HF3O2/c25-20-8-4-18(5-9-20)17-27-24(28-21-10-6-19(7-11-21)23(31)32)30-15-13-29(14-16-30)22-3-1-2-12-26-22;3-2(4,5)1(6)7/h1-12H,13-17H2,(H,27,28)(H,31,32);(H,6,7). The Morgan fingerprint density at radius 3 is 2.05 bits per heavy atom. The molecular weight excluding hydrogens is 522 g/mol. The number of carbonyl (C=O) groups is 2. The summed E-state index contributed by atoms with van der Waals surface area (Å²) >= 11 is 0. The summed E-state index contributed by atoms with van der Waals surface area (Å²) in [6.07, 6.45) is -3.29. The van der Waals surface area contributed by atoms with Gasteiger partial charge in [-0.05, 0) is 54.1 Å². The molecule has 1 aromatic heterocycles. The molecule has 0 amide bonds. The Morgan fingerprint density at radius 1 is 0.923 bits per heavy atom. The van der Waals surface area contributed by atoms with Gasteiger partial charge in [-0.1, -0.05) is 18.2 Å². The molecule has 0 radical (unpaired) electrons. The number of hydrogen-bond donors (Lipinski definition) is 3. The van der Waals surface area contributed by atoms with E-state index >= 15 is 0 Å². The van der Waals surface area contributed by atoms with E-state index in [1.165, 1.54) is 12.1 Å². The first kappa shape index (κ1) is 28.9. The van der Waals surface area contributed by atoms with E-state index in [1.807, 2.05) is 18.2 Å². The monoisotopic (exact) mass is 547 g/mol. The van der Waals surface area contributed by atoms with Gasteiger partial charge in [0, 0.05) is 38.1 Å². The molecule has 9 nitrogen and oxygen atoms in total. The first-order chi connectivity index (χ1) is 18.5. The van der Waals surface area contributed by atoms with Crippen LogP contribution in [0.5, 0.6) is 0 Å². The number of halogens is 4. The van der Waals surface area contributed by atoms with Crippen molar-refractivity contribution in [2.75, 3.05) is 36.4 Å². The maximum Gasteiger partial charge on any atom is 0.490 e. The zero-order valence-corrected chi connectivity index (χ0v) is 20.5. The summed E-state index contributed by atoms with van der Waals surface area (Å²) in [5, 5.41) is 19.6. The number of carboxylic acids is 2. The van der Waals surface area contributed by atoms with Gasteiger partial charge in [-0.15, -0.1) is 0 Å². The van der Waals surface area contributed by atoms with Crippen LogP contribution in [0, 0.1) is 5.82 Å². The van der Waals surface area contributed by atoms with Crippen molar-refractivity contribution in [1.82, 2.24) is 9.88 Å². The third kappa shape index (κ3) is 8.98. The molecule has 1 fully saturated rings. The van der Waals surface area contributed by atoms with Gasteiger partial charge >= 0.3 is 18.1 Å². The van der Waals surface area contributed by atoms with E-state index in [0.29, 0.717) is 12.5 Å².